The topological polar surface area (TPSA) is 91.2 Å². The molecule has 134 valence electrons. The minimum atomic E-state index is -0.555. The lowest BCUT2D eigenvalue weighted by molar-refractivity contribution is -0.127. The third-order valence-electron chi connectivity index (χ3n) is 3.94. The van der Waals surface area contributed by atoms with Crippen LogP contribution >= 0.6 is 0 Å². The van der Waals surface area contributed by atoms with Crippen LogP contribution in [0, 0.1) is 0 Å². The summed E-state index contributed by atoms with van der Waals surface area (Å²) < 4.78 is 12.5. The zero-order chi connectivity index (χ0) is 17.6. The number of carbonyl (C=O) groups excluding carboxylic acids is 1. The van der Waals surface area contributed by atoms with Crippen molar-refractivity contribution in [2.24, 2.45) is 0 Å². The van der Waals surface area contributed by atoms with E-state index in [4.69, 9.17) is 9.47 Å². The van der Waals surface area contributed by atoms with Crippen LogP contribution in [0.15, 0.2) is 24.3 Å². The van der Waals surface area contributed by atoms with Crippen LogP contribution in [0.2, 0.25) is 0 Å². The van der Waals surface area contributed by atoms with Crippen molar-refractivity contribution in [3.8, 4) is 11.4 Å². The van der Waals surface area contributed by atoms with E-state index in [1.165, 1.54) is 0 Å². The van der Waals surface area contributed by atoms with Crippen molar-refractivity contribution in [2.75, 3.05) is 25.1 Å². The summed E-state index contributed by atoms with van der Waals surface area (Å²) in [4.78, 5) is 12.2. The number of rotatable bonds is 9. The van der Waals surface area contributed by atoms with Crippen molar-refractivity contribution >= 4 is 11.6 Å². The highest BCUT2D eigenvalue weighted by atomic mass is 16.5. The number of benzene rings is 1. The number of nitrogens with zero attached hydrogens (tertiary/aromatic N) is 4. The van der Waals surface area contributed by atoms with Gasteiger partial charge in [0.1, 0.15) is 6.10 Å². The lowest BCUT2D eigenvalue weighted by Crippen LogP contribution is -2.28. The monoisotopic (exact) mass is 345 g/mol. The van der Waals surface area contributed by atoms with E-state index in [2.05, 4.69) is 20.8 Å². The van der Waals surface area contributed by atoms with E-state index in [1.807, 2.05) is 35.9 Å². The number of carbonyl (C=O) groups is 1. The van der Waals surface area contributed by atoms with Crippen LogP contribution in [0.1, 0.15) is 32.7 Å². The molecule has 1 aromatic heterocycles. The van der Waals surface area contributed by atoms with Crippen LogP contribution < -0.4 is 5.32 Å². The van der Waals surface area contributed by atoms with Gasteiger partial charge < -0.3 is 14.8 Å². The Hall–Kier alpha value is -2.32. The summed E-state index contributed by atoms with van der Waals surface area (Å²) in [5.74, 6) is 0.523. The van der Waals surface area contributed by atoms with E-state index in [0.29, 0.717) is 31.5 Å². The maximum atomic E-state index is 12.2. The van der Waals surface area contributed by atoms with E-state index < -0.39 is 6.10 Å². The normalized spacial score (nSPS) is 15.1. The molecule has 1 amide bonds. The van der Waals surface area contributed by atoms with Gasteiger partial charge >= 0.3 is 0 Å². The molecule has 3 rings (SSSR count). The van der Waals surface area contributed by atoms with E-state index in [-0.39, 0.29) is 5.91 Å². The van der Waals surface area contributed by atoms with Crippen molar-refractivity contribution in [2.45, 2.75) is 38.8 Å². The van der Waals surface area contributed by atoms with Gasteiger partial charge in [-0.3, -0.25) is 4.79 Å². The van der Waals surface area contributed by atoms with Crippen molar-refractivity contribution < 1.29 is 14.3 Å². The molecule has 0 unspecified atom stereocenters. The number of amides is 1. The number of tetrazole rings is 1. The molecule has 0 radical (unpaired) electrons. The van der Waals surface area contributed by atoms with Crippen LogP contribution in [0.5, 0.6) is 0 Å². The molecule has 0 spiro atoms. The first-order valence-corrected chi connectivity index (χ1v) is 8.57. The van der Waals surface area contributed by atoms with Crippen LogP contribution in [-0.4, -0.2) is 52.0 Å². The molecule has 8 heteroatoms. The van der Waals surface area contributed by atoms with Crippen LogP contribution in [0.25, 0.3) is 11.4 Å². The summed E-state index contributed by atoms with van der Waals surface area (Å²) in [6, 6.07) is 7.90. The molecular weight excluding hydrogens is 322 g/mol. The SMILES string of the molecule is CCOCCO[C@@H](C)C(=O)Nc1cccc(-c2nnnn2C2CC2)c1. The number of ether oxygens (including phenoxy) is 2. The van der Waals surface area contributed by atoms with E-state index >= 15 is 0 Å². The van der Waals surface area contributed by atoms with Gasteiger partial charge in [0.15, 0.2) is 5.82 Å². The molecule has 1 aliphatic rings. The van der Waals surface area contributed by atoms with Gasteiger partial charge in [0.2, 0.25) is 0 Å². The van der Waals surface area contributed by atoms with Crippen molar-refractivity contribution in [3.05, 3.63) is 24.3 Å². The predicted molar refractivity (Wildman–Crippen MR) is 92.1 cm³/mol. The minimum absolute atomic E-state index is 0.199. The number of aromatic nitrogens is 4. The Bertz CT molecular complexity index is 714. The first-order valence-electron chi connectivity index (χ1n) is 8.57. The maximum Gasteiger partial charge on any atom is 0.253 e. The summed E-state index contributed by atoms with van der Waals surface area (Å²) in [5.41, 5.74) is 1.56. The molecule has 25 heavy (non-hydrogen) atoms. The lowest BCUT2D eigenvalue weighted by atomic mass is 10.2. The second-order valence-corrected chi connectivity index (χ2v) is 5.96. The fourth-order valence-corrected chi connectivity index (χ4v) is 2.43. The van der Waals surface area contributed by atoms with Crippen molar-refractivity contribution in [1.29, 1.82) is 0 Å². The molecule has 1 fully saturated rings. The Morgan fingerprint density at radius 3 is 3.00 bits per heavy atom. The molecule has 8 nitrogen and oxygen atoms in total. The minimum Gasteiger partial charge on any atom is -0.379 e. The molecule has 1 atom stereocenters. The van der Waals surface area contributed by atoms with Gasteiger partial charge in [0, 0.05) is 17.9 Å². The molecule has 0 saturated heterocycles. The molecule has 1 N–H and O–H groups in total. The van der Waals surface area contributed by atoms with Gasteiger partial charge in [-0.1, -0.05) is 12.1 Å². The van der Waals surface area contributed by atoms with Gasteiger partial charge in [0.05, 0.1) is 19.3 Å². The van der Waals surface area contributed by atoms with Crippen LogP contribution in [0.3, 0.4) is 0 Å². The maximum absolute atomic E-state index is 12.2. The highest BCUT2D eigenvalue weighted by Gasteiger charge is 2.28. The zero-order valence-electron chi connectivity index (χ0n) is 14.5. The fourth-order valence-electron chi connectivity index (χ4n) is 2.43. The molecule has 2 aromatic rings. The third kappa shape index (κ3) is 4.61. The first kappa shape index (κ1) is 17.5. The average molecular weight is 345 g/mol. The largest absolute Gasteiger partial charge is 0.379 e. The van der Waals surface area contributed by atoms with Gasteiger partial charge in [0.25, 0.3) is 5.91 Å². The third-order valence-corrected chi connectivity index (χ3v) is 3.94. The molecular formula is C17H23N5O3. The second-order valence-electron chi connectivity index (χ2n) is 5.96. The average Bonchev–Trinajstić information content (AvgIpc) is 3.35. The summed E-state index contributed by atoms with van der Waals surface area (Å²) in [5, 5.41) is 14.8. The Morgan fingerprint density at radius 1 is 1.40 bits per heavy atom. The molecule has 1 saturated carbocycles. The lowest BCUT2D eigenvalue weighted by Gasteiger charge is -2.14. The molecule has 1 aliphatic carbocycles. The van der Waals surface area contributed by atoms with E-state index in [1.54, 1.807) is 6.92 Å². The Kier molecular flexibility index (Phi) is 5.72. The van der Waals surface area contributed by atoms with Crippen LogP contribution in [0.4, 0.5) is 5.69 Å². The van der Waals surface area contributed by atoms with Gasteiger partial charge in [-0.25, -0.2) is 4.68 Å². The highest BCUT2D eigenvalue weighted by molar-refractivity contribution is 5.94. The standard InChI is InChI=1S/C17H23N5O3/c1-3-24-9-10-25-12(2)17(23)18-14-6-4-5-13(11-14)16-19-20-21-22(16)15-7-8-15/h4-6,11-12,15H,3,7-10H2,1-2H3,(H,18,23)/t12-/m0/s1. The zero-order valence-corrected chi connectivity index (χ0v) is 14.5. The molecule has 0 aliphatic heterocycles. The quantitative estimate of drug-likeness (QED) is 0.700. The predicted octanol–water partition coefficient (Wildman–Crippen LogP) is 2.06. The number of anilines is 1. The highest BCUT2D eigenvalue weighted by Crippen LogP contribution is 2.36. The van der Waals surface area contributed by atoms with Gasteiger partial charge in [-0.05, 0) is 49.2 Å². The second kappa shape index (κ2) is 8.17. The van der Waals surface area contributed by atoms with E-state index in [9.17, 15) is 4.79 Å². The van der Waals surface area contributed by atoms with Crippen molar-refractivity contribution in [1.82, 2.24) is 20.2 Å². The Morgan fingerprint density at radius 2 is 2.24 bits per heavy atom. The molecule has 1 aromatic carbocycles. The summed E-state index contributed by atoms with van der Waals surface area (Å²) in [7, 11) is 0. The van der Waals surface area contributed by atoms with E-state index in [0.717, 1.165) is 24.2 Å². The number of hydrogen-bond acceptors (Lipinski definition) is 6. The Labute approximate surface area is 146 Å². The first-order chi connectivity index (χ1) is 12.2. The van der Waals surface area contributed by atoms with Crippen molar-refractivity contribution in [3.63, 3.8) is 0 Å². The summed E-state index contributed by atoms with van der Waals surface area (Å²) in [6.45, 7) is 5.14. The Balaban J connectivity index is 1.61. The molecule has 0 bridgehead atoms. The number of hydrogen-bond donors (Lipinski definition) is 1. The number of nitrogens with one attached hydrogen (secondary N) is 1. The summed E-state index contributed by atoms with van der Waals surface area (Å²) >= 11 is 0. The van der Waals surface area contributed by atoms with Gasteiger partial charge in [-0.15, -0.1) is 5.10 Å². The van der Waals surface area contributed by atoms with Gasteiger partial charge in [-0.2, -0.15) is 0 Å². The molecule has 1 heterocycles. The summed E-state index contributed by atoms with van der Waals surface area (Å²) in [6.07, 6.45) is 1.65. The smallest absolute Gasteiger partial charge is 0.253 e. The van der Waals surface area contributed by atoms with Crippen LogP contribution in [-0.2, 0) is 14.3 Å². The fraction of sp³-hybridized carbons (Fsp3) is 0.529.